The van der Waals surface area contributed by atoms with Crippen LogP contribution in [0.4, 0.5) is 17.1 Å². The van der Waals surface area contributed by atoms with Gasteiger partial charge in [-0.25, -0.2) is 9.97 Å². The molecule has 7 aromatic carbocycles. The lowest BCUT2D eigenvalue weighted by Gasteiger charge is -2.25. The summed E-state index contributed by atoms with van der Waals surface area (Å²) in [5.41, 5.74) is 9.63. The zero-order chi connectivity index (χ0) is 34.2. The molecule has 0 radical (unpaired) electrons. The van der Waals surface area contributed by atoms with Crippen molar-refractivity contribution in [1.29, 1.82) is 0 Å². The molecule has 0 spiro atoms. The number of benzene rings is 7. The smallest absolute Gasteiger partial charge is 0.180 e. The van der Waals surface area contributed by atoms with E-state index in [0.717, 1.165) is 72.3 Å². The fourth-order valence-electron chi connectivity index (χ4n) is 7.52. The van der Waals surface area contributed by atoms with Gasteiger partial charge in [0.05, 0.1) is 0 Å². The van der Waals surface area contributed by atoms with E-state index in [0.29, 0.717) is 11.4 Å². The van der Waals surface area contributed by atoms with Gasteiger partial charge in [-0.1, -0.05) is 91.0 Å². The maximum Gasteiger partial charge on any atom is 0.180 e. The van der Waals surface area contributed by atoms with E-state index in [1.807, 2.05) is 59.9 Å². The summed E-state index contributed by atoms with van der Waals surface area (Å²) in [7, 11) is 0. The predicted molar refractivity (Wildman–Crippen MR) is 215 cm³/mol. The van der Waals surface area contributed by atoms with Crippen molar-refractivity contribution >= 4 is 92.6 Å². The molecule has 5 nitrogen and oxygen atoms in total. The number of aromatic nitrogens is 2. The lowest BCUT2D eigenvalue weighted by Crippen LogP contribution is -2.09. The lowest BCUT2D eigenvalue weighted by atomic mass is 10.0. The first-order chi connectivity index (χ1) is 25.8. The van der Waals surface area contributed by atoms with Crippen LogP contribution in [-0.4, -0.2) is 9.97 Å². The fraction of sp³-hybridized carbons (Fsp3) is 0. The van der Waals surface area contributed by atoms with Crippen molar-refractivity contribution in [3.05, 3.63) is 164 Å². The Hall–Kier alpha value is -6.76. The number of hydrogen-bond donors (Lipinski definition) is 0. The van der Waals surface area contributed by atoms with E-state index in [4.69, 9.17) is 18.8 Å². The first-order valence-corrected chi connectivity index (χ1v) is 18.1. The van der Waals surface area contributed by atoms with E-state index >= 15 is 0 Å². The molecule has 0 atom stereocenters. The molecule has 0 bridgehead atoms. The Balaban J connectivity index is 1.11. The summed E-state index contributed by atoms with van der Waals surface area (Å²) in [5, 5.41) is 5.47. The van der Waals surface area contributed by atoms with Crippen LogP contribution in [0.1, 0.15) is 0 Å². The molecule has 4 aromatic heterocycles. The van der Waals surface area contributed by atoms with Crippen LogP contribution in [0.2, 0.25) is 0 Å². The quantitative estimate of drug-likeness (QED) is 0.180. The standard InChI is InChI=1S/C46H27N3O2S/c1-3-12-28(13-4-1)43-45-44(34-17-7-9-19-37(34)51-45)48-46(47-43)35-18-11-20-38-42(35)33-24-22-31(27-39(33)50-38)49(29-14-5-2-6-15-29)30-23-25-41-36(26-30)32-16-8-10-21-40(32)52-41/h1-27H. The number of thiophene rings is 1. The van der Waals surface area contributed by atoms with Crippen molar-refractivity contribution in [1.82, 2.24) is 9.97 Å². The van der Waals surface area contributed by atoms with E-state index < -0.39 is 0 Å². The van der Waals surface area contributed by atoms with Crippen molar-refractivity contribution in [2.75, 3.05) is 4.90 Å². The third kappa shape index (κ3) is 4.48. The number of hydrogen-bond acceptors (Lipinski definition) is 6. The van der Waals surface area contributed by atoms with Crippen molar-refractivity contribution in [3.8, 4) is 22.6 Å². The van der Waals surface area contributed by atoms with Gasteiger partial charge in [0.2, 0.25) is 0 Å². The van der Waals surface area contributed by atoms with E-state index in [1.165, 1.54) is 20.2 Å². The maximum absolute atomic E-state index is 6.65. The Morgan fingerprint density at radius 3 is 2.06 bits per heavy atom. The number of rotatable bonds is 5. The third-order valence-corrected chi connectivity index (χ3v) is 11.0. The highest BCUT2D eigenvalue weighted by molar-refractivity contribution is 7.25. The fourth-order valence-corrected chi connectivity index (χ4v) is 8.61. The Labute approximate surface area is 301 Å². The van der Waals surface area contributed by atoms with Crippen molar-refractivity contribution in [2.24, 2.45) is 0 Å². The minimum Gasteiger partial charge on any atom is -0.456 e. The molecule has 4 heterocycles. The summed E-state index contributed by atoms with van der Waals surface area (Å²) in [4.78, 5) is 12.7. The van der Waals surface area contributed by atoms with Crippen LogP contribution >= 0.6 is 11.3 Å². The van der Waals surface area contributed by atoms with Gasteiger partial charge in [-0.3, -0.25) is 0 Å². The molecule has 0 saturated heterocycles. The molecule has 0 unspecified atom stereocenters. The van der Waals surface area contributed by atoms with Gasteiger partial charge in [0.15, 0.2) is 11.4 Å². The monoisotopic (exact) mass is 685 g/mol. The van der Waals surface area contributed by atoms with Gasteiger partial charge < -0.3 is 13.7 Å². The summed E-state index contributed by atoms with van der Waals surface area (Å²) in [6.07, 6.45) is 0. The Kier molecular flexibility index (Phi) is 6.35. The van der Waals surface area contributed by atoms with Crippen LogP contribution in [0, 0.1) is 0 Å². The van der Waals surface area contributed by atoms with E-state index in [1.54, 1.807) is 0 Å². The van der Waals surface area contributed by atoms with Crippen LogP contribution < -0.4 is 4.90 Å². The predicted octanol–water partition coefficient (Wildman–Crippen LogP) is 13.4. The van der Waals surface area contributed by atoms with E-state index in [9.17, 15) is 0 Å². The second kappa shape index (κ2) is 11.4. The van der Waals surface area contributed by atoms with E-state index in [-0.39, 0.29) is 0 Å². The summed E-state index contributed by atoms with van der Waals surface area (Å²) in [6, 6.07) is 56.7. The number of para-hydroxylation sites is 2. The molecule has 0 saturated carbocycles. The molecule has 0 amide bonds. The Morgan fingerprint density at radius 2 is 1.17 bits per heavy atom. The van der Waals surface area contributed by atoms with Crippen LogP contribution in [0.3, 0.4) is 0 Å². The van der Waals surface area contributed by atoms with Crippen molar-refractivity contribution in [3.63, 3.8) is 0 Å². The maximum atomic E-state index is 6.65. The Morgan fingerprint density at radius 1 is 0.462 bits per heavy atom. The van der Waals surface area contributed by atoms with Gasteiger partial charge in [0, 0.05) is 70.6 Å². The largest absolute Gasteiger partial charge is 0.456 e. The van der Waals surface area contributed by atoms with Gasteiger partial charge in [-0.05, 0) is 66.7 Å². The highest BCUT2D eigenvalue weighted by Gasteiger charge is 2.22. The third-order valence-electron chi connectivity index (χ3n) is 9.88. The highest BCUT2D eigenvalue weighted by Crippen LogP contribution is 2.44. The van der Waals surface area contributed by atoms with Crippen LogP contribution in [0.5, 0.6) is 0 Å². The number of nitrogens with zero attached hydrogens (tertiary/aromatic N) is 3. The van der Waals surface area contributed by atoms with Gasteiger partial charge in [0.25, 0.3) is 0 Å². The van der Waals surface area contributed by atoms with Crippen LogP contribution in [-0.2, 0) is 0 Å². The lowest BCUT2D eigenvalue weighted by molar-refractivity contribution is 0.667. The SMILES string of the molecule is c1ccc(-c2nc(-c3cccc4oc5cc(N(c6ccccc6)c6ccc7sc8ccccc8c7c6)ccc5c34)nc3c2oc2ccccc23)cc1. The molecule has 244 valence electrons. The zero-order valence-corrected chi connectivity index (χ0v) is 28.5. The number of furan rings is 2. The summed E-state index contributed by atoms with van der Waals surface area (Å²) >= 11 is 1.83. The molecule has 11 aromatic rings. The van der Waals surface area contributed by atoms with Gasteiger partial charge in [0.1, 0.15) is 28.0 Å². The molecule has 0 aliphatic heterocycles. The average Bonchev–Trinajstić information content (AvgIpc) is 3.89. The average molecular weight is 686 g/mol. The zero-order valence-electron chi connectivity index (χ0n) is 27.7. The molecular formula is C46H27N3O2S. The molecule has 0 aliphatic carbocycles. The normalized spacial score (nSPS) is 11.8. The van der Waals surface area contributed by atoms with Crippen molar-refractivity contribution in [2.45, 2.75) is 0 Å². The van der Waals surface area contributed by atoms with Gasteiger partial charge in [-0.2, -0.15) is 0 Å². The van der Waals surface area contributed by atoms with E-state index in [2.05, 4.69) is 120 Å². The van der Waals surface area contributed by atoms with Gasteiger partial charge in [-0.15, -0.1) is 11.3 Å². The number of anilines is 3. The molecule has 0 fully saturated rings. The summed E-state index contributed by atoms with van der Waals surface area (Å²) < 4.78 is 15.6. The first kappa shape index (κ1) is 29.0. The highest BCUT2D eigenvalue weighted by atomic mass is 32.1. The Bertz CT molecular complexity index is 3140. The molecule has 0 aliphatic rings. The summed E-state index contributed by atoms with van der Waals surface area (Å²) in [5.74, 6) is 0.623. The molecule has 52 heavy (non-hydrogen) atoms. The molecule has 0 N–H and O–H groups in total. The van der Waals surface area contributed by atoms with Crippen LogP contribution in [0.25, 0.3) is 86.8 Å². The van der Waals surface area contributed by atoms with Crippen LogP contribution in [0.15, 0.2) is 173 Å². The second-order valence-electron chi connectivity index (χ2n) is 12.9. The van der Waals surface area contributed by atoms with Gasteiger partial charge >= 0.3 is 0 Å². The second-order valence-corrected chi connectivity index (χ2v) is 14.0. The van der Waals surface area contributed by atoms with Crippen molar-refractivity contribution < 1.29 is 8.83 Å². The minimum atomic E-state index is 0.623. The first-order valence-electron chi connectivity index (χ1n) is 17.2. The molecule has 11 rings (SSSR count). The topological polar surface area (TPSA) is 55.3 Å². The molecular weight excluding hydrogens is 659 g/mol. The molecule has 6 heteroatoms. The minimum absolute atomic E-state index is 0.623. The number of fused-ring (bicyclic) bond motifs is 9. The summed E-state index contributed by atoms with van der Waals surface area (Å²) in [6.45, 7) is 0.